The number of likely N-dealkylation sites (N-methyl/N-ethyl adjacent to an activating group) is 1. The van der Waals surface area contributed by atoms with E-state index in [1.54, 1.807) is 6.92 Å². The minimum absolute atomic E-state index is 0.0360. The molecule has 0 saturated heterocycles. The maximum Gasteiger partial charge on any atom is 0.243 e. The largest absolute Gasteiger partial charge is 0.495 e. The number of unbranched alkanes of at least 4 members (excludes halogenated alkanes) is 2. The van der Waals surface area contributed by atoms with Crippen LogP contribution in [0.1, 0.15) is 33.1 Å². The molecule has 0 unspecified atom stereocenters. The Hall–Kier alpha value is -1.31. The van der Waals surface area contributed by atoms with Crippen LogP contribution in [-0.4, -0.2) is 45.4 Å². The lowest BCUT2D eigenvalue weighted by molar-refractivity contribution is -0.121. The van der Waals surface area contributed by atoms with E-state index in [0.29, 0.717) is 12.3 Å². The lowest BCUT2D eigenvalue weighted by atomic mass is 10.2. The Balaban J connectivity index is 2.82. The first-order chi connectivity index (χ1) is 11.4. The monoisotopic (exact) mass is 376 g/mol. The summed E-state index contributed by atoms with van der Waals surface area (Å²) in [5.74, 6) is 0.0865. The zero-order valence-corrected chi connectivity index (χ0v) is 15.9. The Kier molecular flexibility index (Phi) is 8.52. The van der Waals surface area contributed by atoms with Crippen molar-refractivity contribution in [1.29, 1.82) is 0 Å². The third-order valence-corrected chi connectivity index (χ3v) is 5.75. The van der Waals surface area contributed by atoms with Gasteiger partial charge in [-0.25, -0.2) is 8.42 Å². The summed E-state index contributed by atoms with van der Waals surface area (Å²) in [6, 6.07) is 4.24. The van der Waals surface area contributed by atoms with Crippen LogP contribution in [0.3, 0.4) is 0 Å². The molecule has 0 atom stereocenters. The summed E-state index contributed by atoms with van der Waals surface area (Å²) in [6.07, 6.45) is 2.97. The predicted molar refractivity (Wildman–Crippen MR) is 95.0 cm³/mol. The van der Waals surface area contributed by atoms with E-state index in [1.807, 2.05) is 0 Å². The zero-order chi connectivity index (χ0) is 18.2. The van der Waals surface area contributed by atoms with Crippen LogP contribution in [0.25, 0.3) is 0 Å². The van der Waals surface area contributed by atoms with Gasteiger partial charge in [0.1, 0.15) is 5.75 Å². The van der Waals surface area contributed by atoms with Gasteiger partial charge in [-0.15, -0.1) is 0 Å². The van der Waals surface area contributed by atoms with Gasteiger partial charge >= 0.3 is 0 Å². The maximum atomic E-state index is 12.7. The number of rotatable bonds is 10. The first-order valence-corrected chi connectivity index (χ1v) is 9.79. The first-order valence-electron chi connectivity index (χ1n) is 7.97. The molecule has 8 heteroatoms. The highest BCUT2D eigenvalue weighted by Gasteiger charge is 2.26. The second-order valence-corrected chi connectivity index (χ2v) is 7.63. The summed E-state index contributed by atoms with van der Waals surface area (Å²) in [4.78, 5) is 12.0. The van der Waals surface area contributed by atoms with Gasteiger partial charge in [0.15, 0.2) is 0 Å². The second-order valence-electron chi connectivity index (χ2n) is 5.28. The Morgan fingerprint density at radius 3 is 2.54 bits per heavy atom. The van der Waals surface area contributed by atoms with Gasteiger partial charge in [0.2, 0.25) is 15.9 Å². The van der Waals surface area contributed by atoms with Crippen molar-refractivity contribution in [3.63, 3.8) is 0 Å². The van der Waals surface area contributed by atoms with Gasteiger partial charge in [0, 0.05) is 13.1 Å². The van der Waals surface area contributed by atoms with E-state index >= 15 is 0 Å². The van der Waals surface area contributed by atoms with Gasteiger partial charge in [-0.05, 0) is 24.6 Å². The minimum Gasteiger partial charge on any atom is -0.495 e. The number of carbonyl (C=O) groups excluding carboxylic acids is 1. The molecule has 0 aliphatic heterocycles. The molecule has 0 aliphatic rings. The van der Waals surface area contributed by atoms with E-state index in [0.717, 1.165) is 23.6 Å². The number of methoxy groups -OCH3 is 1. The Bertz CT molecular complexity index is 649. The molecule has 0 spiro atoms. The molecule has 0 heterocycles. The van der Waals surface area contributed by atoms with Crippen molar-refractivity contribution >= 4 is 27.5 Å². The number of nitrogens with one attached hydrogen (secondary N) is 1. The van der Waals surface area contributed by atoms with Gasteiger partial charge in [-0.3, -0.25) is 4.79 Å². The number of halogens is 1. The van der Waals surface area contributed by atoms with E-state index in [4.69, 9.17) is 16.3 Å². The van der Waals surface area contributed by atoms with Crippen molar-refractivity contribution in [3.8, 4) is 5.75 Å². The third kappa shape index (κ3) is 5.65. The molecule has 0 aliphatic carbocycles. The van der Waals surface area contributed by atoms with Gasteiger partial charge in [0.05, 0.1) is 23.6 Å². The number of nitrogens with zero attached hydrogens (tertiary/aromatic N) is 1. The van der Waals surface area contributed by atoms with Crippen molar-refractivity contribution in [2.75, 3.05) is 26.7 Å². The fraction of sp³-hybridized carbons (Fsp3) is 0.562. The number of sulfonamides is 1. The Morgan fingerprint density at radius 2 is 2.00 bits per heavy atom. The van der Waals surface area contributed by atoms with Crippen LogP contribution in [-0.2, 0) is 14.8 Å². The Morgan fingerprint density at radius 1 is 1.29 bits per heavy atom. The molecule has 0 fully saturated rings. The Labute approximate surface area is 149 Å². The van der Waals surface area contributed by atoms with Crippen LogP contribution in [0, 0.1) is 0 Å². The molecule has 1 aromatic carbocycles. The second kappa shape index (κ2) is 9.86. The van der Waals surface area contributed by atoms with Crippen LogP contribution >= 0.6 is 11.6 Å². The molecule has 0 bridgehead atoms. The zero-order valence-electron chi connectivity index (χ0n) is 14.3. The van der Waals surface area contributed by atoms with E-state index in [9.17, 15) is 13.2 Å². The molecule has 6 nitrogen and oxygen atoms in total. The van der Waals surface area contributed by atoms with Crippen LogP contribution in [0.4, 0.5) is 0 Å². The summed E-state index contributed by atoms with van der Waals surface area (Å²) < 4.78 is 31.5. The lowest BCUT2D eigenvalue weighted by Crippen LogP contribution is -2.40. The minimum atomic E-state index is -3.80. The average Bonchev–Trinajstić information content (AvgIpc) is 2.56. The summed E-state index contributed by atoms with van der Waals surface area (Å²) in [5, 5.41) is 2.95. The summed E-state index contributed by atoms with van der Waals surface area (Å²) >= 11 is 6.00. The van der Waals surface area contributed by atoms with Gasteiger partial charge in [-0.2, -0.15) is 4.31 Å². The fourth-order valence-corrected chi connectivity index (χ4v) is 3.90. The molecule has 1 amide bonds. The highest BCUT2D eigenvalue weighted by atomic mass is 35.5. The van der Waals surface area contributed by atoms with Crippen LogP contribution in [0.5, 0.6) is 5.75 Å². The quantitative estimate of drug-likeness (QED) is 0.637. The van der Waals surface area contributed by atoms with Gasteiger partial charge < -0.3 is 10.1 Å². The highest BCUT2D eigenvalue weighted by Crippen LogP contribution is 2.28. The molecular weight excluding hydrogens is 352 g/mol. The van der Waals surface area contributed by atoms with E-state index < -0.39 is 10.0 Å². The summed E-state index contributed by atoms with van der Waals surface area (Å²) in [7, 11) is -2.34. The van der Waals surface area contributed by atoms with Crippen molar-refractivity contribution in [2.45, 2.75) is 38.0 Å². The van der Waals surface area contributed by atoms with Crippen LogP contribution < -0.4 is 10.1 Å². The number of hydrogen-bond acceptors (Lipinski definition) is 4. The smallest absolute Gasteiger partial charge is 0.243 e. The van der Waals surface area contributed by atoms with Crippen molar-refractivity contribution in [1.82, 2.24) is 9.62 Å². The highest BCUT2D eigenvalue weighted by molar-refractivity contribution is 7.89. The normalized spacial score (nSPS) is 11.5. The molecule has 1 N–H and O–H groups in total. The molecule has 1 rings (SSSR count). The lowest BCUT2D eigenvalue weighted by Gasteiger charge is -2.20. The number of hydrogen-bond donors (Lipinski definition) is 1. The predicted octanol–water partition coefficient (Wildman–Crippen LogP) is 2.67. The van der Waals surface area contributed by atoms with Crippen molar-refractivity contribution < 1.29 is 17.9 Å². The standard InChI is InChI=1S/C16H25ClN2O4S/c1-4-6-7-10-18-16(20)12-19(5-2)24(21,22)13-8-9-15(23-3)14(17)11-13/h8-9,11H,4-7,10,12H2,1-3H3,(H,18,20). The summed E-state index contributed by atoms with van der Waals surface area (Å²) in [5.41, 5.74) is 0. The first kappa shape index (κ1) is 20.7. The molecule has 1 aromatic rings. The van der Waals surface area contributed by atoms with Crippen molar-refractivity contribution in [3.05, 3.63) is 23.2 Å². The SMILES string of the molecule is CCCCCNC(=O)CN(CC)S(=O)(=O)c1ccc(OC)c(Cl)c1. The van der Waals surface area contributed by atoms with Gasteiger partial charge in [0.25, 0.3) is 0 Å². The topological polar surface area (TPSA) is 75.7 Å². The molecular formula is C16H25ClN2O4S. The van der Waals surface area contributed by atoms with E-state index in [2.05, 4.69) is 12.2 Å². The van der Waals surface area contributed by atoms with E-state index in [-0.39, 0.29) is 28.9 Å². The van der Waals surface area contributed by atoms with Crippen LogP contribution in [0.2, 0.25) is 5.02 Å². The van der Waals surface area contributed by atoms with Crippen molar-refractivity contribution in [2.24, 2.45) is 0 Å². The fourth-order valence-electron chi connectivity index (χ4n) is 2.14. The number of amides is 1. The number of benzene rings is 1. The molecule has 24 heavy (non-hydrogen) atoms. The number of carbonyl (C=O) groups is 1. The molecule has 0 aromatic heterocycles. The summed E-state index contributed by atoms with van der Waals surface area (Å²) in [6.45, 7) is 4.29. The molecule has 0 radical (unpaired) electrons. The molecule has 136 valence electrons. The average molecular weight is 377 g/mol. The van der Waals surface area contributed by atoms with Crippen LogP contribution in [0.15, 0.2) is 23.1 Å². The van der Waals surface area contributed by atoms with Gasteiger partial charge in [-0.1, -0.05) is 38.3 Å². The third-order valence-electron chi connectivity index (χ3n) is 3.54. The number of ether oxygens (including phenoxy) is 1. The molecule has 0 saturated carbocycles. The van der Waals surface area contributed by atoms with E-state index in [1.165, 1.54) is 25.3 Å². The maximum absolute atomic E-state index is 12.7.